The van der Waals surface area contributed by atoms with E-state index in [4.69, 9.17) is 39.9 Å². The number of aliphatic hydroxyl groups excluding tert-OH is 2. The van der Waals surface area contributed by atoms with E-state index in [9.17, 15) is 5.11 Å². The third-order valence-corrected chi connectivity index (χ3v) is 2.05. The normalized spacial score (nSPS) is 12.7. The van der Waals surface area contributed by atoms with Gasteiger partial charge in [0.15, 0.2) is 0 Å². The maximum absolute atomic E-state index is 9.46. The standard InChI is InChI=1S/C8H7Cl3O.C2H6O/c9-8(10,11)7(12)6-4-2-1-3-5-6;1-2-3/h1-5,7,12H;3H,2H2,1H3. The highest BCUT2D eigenvalue weighted by Gasteiger charge is 2.31. The average Bonchev–Trinajstić information content (AvgIpc) is 2.18. The average molecular weight is 272 g/mol. The van der Waals surface area contributed by atoms with Gasteiger partial charge in [-0.2, -0.15) is 0 Å². The van der Waals surface area contributed by atoms with Crippen LogP contribution < -0.4 is 0 Å². The van der Waals surface area contributed by atoms with Crippen LogP contribution in [-0.2, 0) is 0 Å². The van der Waals surface area contributed by atoms with Gasteiger partial charge in [0.2, 0.25) is 3.79 Å². The number of rotatable bonds is 1. The summed E-state index contributed by atoms with van der Waals surface area (Å²) in [6.07, 6.45) is -1.08. The van der Waals surface area contributed by atoms with E-state index in [0.717, 1.165) is 0 Å². The van der Waals surface area contributed by atoms with Crippen molar-refractivity contribution in [2.75, 3.05) is 6.61 Å². The molecule has 1 aromatic carbocycles. The molecule has 0 spiro atoms. The molecule has 0 fully saturated rings. The zero-order valence-electron chi connectivity index (χ0n) is 8.20. The maximum Gasteiger partial charge on any atom is 0.220 e. The van der Waals surface area contributed by atoms with Gasteiger partial charge in [-0.05, 0) is 12.5 Å². The van der Waals surface area contributed by atoms with E-state index in [0.29, 0.717) is 5.56 Å². The summed E-state index contributed by atoms with van der Waals surface area (Å²) in [6.45, 7) is 1.93. The molecule has 0 saturated heterocycles. The summed E-state index contributed by atoms with van der Waals surface area (Å²) in [5.41, 5.74) is 0.595. The topological polar surface area (TPSA) is 40.5 Å². The van der Waals surface area contributed by atoms with E-state index < -0.39 is 9.90 Å². The summed E-state index contributed by atoms with van der Waals surface area (Å²) in [4.78, 5) is 0. The molecule has 0 saturated carbocycles. The van der Waals surface area contributed by atoms with Crippen molar-refractivity contribution in [3.05, 3.63) is 35.9 Å². The summed E-state index contributed by atoms with van der Waals surface area (Å²) in [7, 11) is 0. The fourth-order valence-electron chi connectivity index (χ4n) is 0.824. The van der Waals surface area contributed by atoms with Gasteiger partial charge in [-0.25, -0.2) is 0 Å². The fourth-order valence-corrected chi connectivity index (χ4v) is 1.20. The zero-order chi connectivity index (χ0) is 11.9. The molecular weight excluding hydrogens is 258 g/mol. The molecule has 0 amide bonds. The largest absolute Gasteiger partial charge is 0.397 e. The van der Waals surface area contributed by atoms with E-state index in [1.165, 1.54) is 0 Å². The molecule has 1 atom stereocenters. The van der Waals surface area contributed by atoms with Crippen molar-refractivity contribution in [2.24, 2.45) is 0 Å². The smallest absolute Gasteiger partial charge is 0.220 e. The molecule has 1 aromatic rings. The fraction of sp³-hybridized carbons (Fsp3) is 0.400. The Morgan fingerprint density at radius 3 is 1.93 bits per heavy atom. The Morgan fingerprint density at radius 2 is 1.60 bits per heavy atom. The molecule has 0 heterocycles. The highest BCUT2D eigenvalue weighted by Crippen LogP contribution is 2.39. The van der Waals surface area contributed by atoms with Gasteiger partial charge in [-0.15, -0.1) is 0 Å². The Labute approximate surface area is 104 Å². The molecule has 0 radical (unpaired) electrons. The van der Waals surface area contributed by atoms with Gasteiger partial charge in [0.1, 0.15) is 6.10 Å². The van der Waals surface area contributed by atoms with Crippen molar-refractivity contribution in [3.8, 4) is 0 Å². The quantitative estimate of drug-likeness (QED) is 0.771. The molecule has 0 aliphatic rings. The van der Waals surface area contributed by atoms with E-state index in [2.05, 4.69) is 0 Å². The molecule has 86 valence electrons. The summed E-state index contributed by atoms with van der Waals surface area (Å²) in [5.74, 6) is 0. The lowest BCUT2D eigenvalue weighted by Gasteiger charge is -2.18. The molecule has 15 heavy (non-hydrogen) atoms. The molecule has 5 heteroatoms. The van der Waals surface area contributed by atoms with Crippen molar-refractivity contribution in [1.82, 2.24) is 0 Å². The van der Waals surface area contributed by atoms with Gasteiger partial charge in [0.05, 0.1) is 0 Å². The lowest BCUT2D eigenvalue weighted by Crippen LogP contribution is -2.15. The van der Waals surface area contributed by atoms with Crippen LogP contribution in [0.25, 0.3) is 0 Å². The number of hydrogen-bond donors (Lipinski definition) is 2. The zero-order valence-corrected chi connectivity index (χ0v) is 10.5. The van der Waals surface area contributed by atoms with Gasteiger partial charge in [0, 0.05) is 6.61 Å². The summed E-state index contributed by atoms with van der Waals surface area (Å²) < 4.78 is -1.67. The molecule has 2 N–H and O–H groups in total. The predicted octanol–water partition coefficient (Wildman–Crippen LogP) is 3.09. The van der Waals surface area contributed by atoms with Crippen LogP contribution in [0.1, 0.15) is 18.6 Å². The van der Waals surface area contributed by atoms with Gasteiger partial charge < -0.3 is 10.2 Å². The van der Waals surface area contributed by atoms with E-state index in [1.807, 2.05) is 6.07 Å². The highest BCUT2D eigenvalue weighted by molar-refractivity contribution is 6.68. The second kappa shape index (κ2) is 7.31. The van der Waals surface area contributed by atoms with Crippen LogP contribution >= 0.6 is 34.8 Å². The molecule has 0 aromatic heterocycles. The molecule has 1 rings (SSSR count). The monoisotopic (exact) mass is 270 g/mol. The van der Waals surface area contributed by atoms with Crippen LogP contribution in [0.3, 0.4) is 0 Å². The predicted molar refractivity (Wildman–Crippen MR) is 64.5 cm³/mol. The van der Waals surface area contributed by atoms with Crippen LogP contribution in [0.5, 0.6) is 0 Å². The Balaban J connectivity index is 0.000000583. The first-order valence-electron chi connectivity index (χ1n) is 4.34. The van der Waals surface area contributed by atoms with Gasteiger partial charge >= 0.3 is 0 Å². The lowest BCUT2D eigenvalue weighted by molar-refractivity contribution is 0.182. The maximum atomic E-state index is 9.46. The number of halogens is 3. The Morgan fingerprint density at radius 1 is 1.20 bits per heavy atom. The summed E-state index contributed by atoms with van der Waals surface area (Å²) >= 11 is 16.5. The minimum Gasteiger partial charge on any atom is -0.397 e. The van der Waals surface area contributed by atoms with Gasteiger partial charge in [-0.3, -0.25) is 0 Å². The minimum atomic E-state index is -1.67. The minimum absolute atomic E-state index is 0.250. The lowest BCUT2D eigenvalue weighted by atomic mass is 10.1. The van der Waals surface area contributed by atoms with E-state index in [1.54, 1.807) is 31.2 Å². The van der Waals surface area contributed by atoms with Crippen LogP contribution in [0.15, 0.2) is 30.3 Å². The van der Waals surface area contributed by atoms with Crippen molar-refractivity contribution >= 4 is 34.8 Å². The summed E-state index contributed by atoms with van der Waals surface area (Å²) in [6, 6.07) is 8.78. The van der Waals surface area contributed by atoms with Crippen LogP contribution in [-0.4, -0.2) is 20.6 Å². The summed E-state index contributed by atoms with van der Waals surface area (Å²) in [5, 5.41) is 17.0. The first-order chi connectivity index (χ1) is 6.93. The Kier molecular flexibility index (Phi) is 7.32. The molecule has 0 aliphatic heterocycles. The van der Waals surface area contributed by atoms with Gasteiger partial charge in [-0.1, -0.05) is 65.1 Å². The Hall–Kier alpha value is 0.01000. The second-order valence-corrected chi connectivity index (χ2v) is 5.04. The second-order valence-electron chi connectivity index (χ2n) is 2.67. The van der Waals surface area contributed by atoms with Crippen molar-refractivity contribution in [2.45, 2.75) is 16.8 Å². The first-order valence-corrected chi connectivity index (χ1v) is 5.47. The number of aliphatic hydroxyl groups is 2. The number of benzene rings is 1. The highest BCUT2D eigenvalue weighted by atomic mass is 35.6. The van der Waals surface area contributed by atoms with Crippen LogP contribution in [0.4, 0.5) is 0 Å². The van der Waals surface area contributed by atoms with Crippen molar-refractivity contribution < 1.29 is 10.2 Å². The number of hydrogen-bond acceptors (Lipinski definition) is 2. The van der Waals surface area contributed by atoms with E-state index in [-0.39, 0.29) is 6.61 Å². The van der Waals surface area contributed by atoms with Crippen LogP contribution in [0, 0.1) is 0 Å². The Bertz CT molecular complexity index is 259. The molecule has 0 aliphatic carbocycles. The van der Waals surface area contributed by atoms with E-state index >= 15 is 0 Å². The first kappa shape index (κ1) is 15.0. The third kappa shape index (κ3) is 6.23. The van der Waals surface area contributed by atoms with Crippen molar-refractivity contribution in [3.63, 3.8) is 0 Å². The number of alkyl halides is 3. The molecule has 0 bridgehead atoms. The van der Waals surface area contributed by atoms with Gasteiger partial charge in [0.25, 0.3) is 0 Å². The molecule has 2 nitrogen and oxygen atoms in total. The van der Waals surface area contributed by atoms with Crippen molar-refractivity contribution in [1.29, 1.82) is 0 Å². The van der Waals surface area contributed by atoms with Crippen LogP contribution in [0.2, 0.25) is 0 Å². The SMILES string of the molecule is CCO.OC(c1ccccc1)C(Cl)(Cl)Cl. The third-order valence-electron chi connectivity index (χ3n) is 1.43. The molecular formula is C10H13Cl3O2. The molecule has 1 unspecified atom stereocenters.